The first-order valence-corrected chi connectivity index (χ1v) is 8.06. The lowest BCUT2D eigenvalue weighted by atomic mass is 10.1. The summed E-state index contributed by atoms with van der Waals surface area (Å²) < 4.78 is 13.7. The minimum atomic E-state index is -0.875. The number of halogens is 1. The molecule has 2 N–H and O–H groups in total. The summed E-state index contributed by atoms with van der Waals surface area (Å²) in [7, 11) is 0. The molecule has 2 aromatic carbocycles. The van der Waals surface area contributed by atoms with Gasteiger partial charge in [0.1, 0.15) is 5.69 Å². The zero-order chi connectivity index (χ0) is 18.0. The van der Waals surface area contributed by atoms with Crippen molar-refractivity contribution in [1.82, 2.24) is 0 Å². The van der Waals surface area contributed by atoms with Gasteiger partial charge in [-0.3, -0.25) is 14.9 Å². The van der Waals surface area contributed by atoms with Gasteiger partial charge in [0.15, 0.2) is 0 Å². The third-order valence-corrected chi connectivity index (χ3v) is 4.17. The molecule has 0 spiro atoms. The van der Waals surface area contributed by atoms with Crippen molar-refractivity contribution in [3.8, 4) is 0 Å². The summed E-state index contributed by atoms with van der Waals surface area (Å²) in [6, 6.07) is 10.9. The number of nitrogens with one attached hydrogen (secondary N) is 2. The second-order valence-electron chi connectivity index (χ2n) is 6.14. The van der Waals surface area contributed by atoms with Gasteiger partial charge in [-0.1, -0.05) is 18.2 Å². The number of carbonyl (C=O) groups excluding carboxylic acids is 1. The molecule has 130 valence electrons. The molecule has 0 bridgehead atoms. The second-order valence-corrected chi connectivity index (χ2v) is 6.14. The number of hydrogen-bond acceptors (Lipinski definition) is 4. The van der Waals surface area contributed by atoms with Crippen LogP contribution < -0.4 is 10.6 Å². The highest BCUT2D eigenvalue weighted by Gasteiger charge is 2.29. The fourth-order valence-corrected chi connectivity index (χ4v) is 2.58. The molecule has 0 heterocycles. The minimum absolute atomic E-state index is 0.0364. The van der Waals surface area contributed by atoms with Gasteiger partial charge in [-0.25, -0.2) is 0 Å². The van der Waals surface area contributed by atoms with Gasteiger partial charge in [0.25, 0.3) is 0 Å². The Hall–Kier alpha value is -2.96. The number of anilines is 2. The fraction of sp³-hybridized carbons (Fsp3) is 0.278. The SMILES string of the molecule is CC(Nc1cccc(F)c1[N+](=O)[O-])c1ccc(NC(=O)C2CC2)cc1. The van der Waals surface area contributed by atoms with Crippen LogP contribution in [0.25, 0.3) is 0 Å². The predicted octanol–water partition coefficient (Wildman–Crippen LogP) is 4.26. The predicted molar refractivity (Wildman–Crippen MR) is 92.9 cm³/mol. The van der Waals surface area contributed by atoms with Crippen LogP contribution in [-0.4, -0.2) is 10.8 Å². The van der Waals surface area contributed by atoms with E-state index in [1.165, 1.54) is 12.1 Å². The van der Waals surface area contributed by atoms with E-state index in [9.17, 15) is 19.3 Å². The first-order chi connectivity index (χ1) is 12.0. The van der Waals surface area contributed by atoms with Crippen molar-refractivity contribution >= 4 is 23.0 Å². The van der Waals surface area contributed by atoms with Gasteiger partial charge in [0.2, 0.25) is 11.7 Å². The quantitative estimate of drug-likeness (QED) is 0.606. The van der Waals surface area contributed by atoms with E-state index in [4.69, 9.17) is 0 Å². The summed E-state index contributed by atoms with van der Waals surface area (Å²) in [5, 5.41) is 16.9. The second kappa shape index (κ2) is 6.88. The Labute approximate surface area is 144 Å². The summed E-state index contributed by atoms with van der Waals surface area (Å²) >= 11 is 0. The van der Waals surface area contributed by atoms with Crippen molar-refractivity contribution in [3.63, 3.8) is 0 Å². The number of rotatable bonds is 6. The summed E-state index contributed by atoms with van der Waals surface area (Å²) in [4.78, 5) is 22.1. The topological polar surface area (TPSA) is 84.3 Å². The molecule has 1 saturated carbocycles. The van der Waals surface area contributed by atoms with E-state index < -0.39 is 16.4 Å². The zero-order valence-corrected chi connectivity index (χ0v) is 13.7. The molecule has 0 radical (unpaired) electrons. The molecule has 1 atom stereocenters. The Kier molecular flexibility index (Phi) is 4.65. The van der Waals surface area contributed by atoms with Crippen LogP contribution in [0.4, 0.5) is 21.5 Å². The third-order valence-electron chi connectivity index (χ3n) is 4.17. The fourth-order valence-electron chi connectivity index (χ4n) is 2.58. The molecule has 1 amide bonds. The number of amides is 1. The van der Waals surface area contributed by atoms with Crippen LogP contribution in [0.5, 0.6) is 0 Å². The number of nitro benzene ring substituents is 1. The molecule has 0 aliphatic heterocycles. The van der Waals surface area contributed by atoms with E-state index in [1.807, 2.05) is 19.1 Å². The Morgan fingerprint density at radius 1 is 1.24 bits per heavy atom. The number of benzene rings is 2. The van der Waals surface area contributed by atoms with Gasteiger partial charge >= 0.3 is 5.69 Å². The van der Waals surface area contributed by atoms with Crippen LogP contribution >= 0.6 is 0 Å². The van der Waals surface area contributed by atoms with Crippen molar-refractivity contribution < 1.29 is 14.1 Å². The molecule has 25 heavy (non-hydrogen) atoms. The van der Waals surface area contributed by atoms with Crippen LogP contribution in [0.2, 0.25) is 0 Å². The van der Waals surface area contributed by atoms with Gasteiger partial charge in [0, 0.05) is 17.6 Å². The summed E-state index contributed by atoms with van der Waals surface area (Å²) in [6.07, 6.45) is 1.88. The van der Waals surface area contributed by atoms with Crippen molar-refractivity contribution in [1.29, 1.82) is 0 Å². The molecule has 0 saturated heterocycles. The van der Waals surface area contributed by atoms with Gasteiger partial charge in [-0.05, 0) is 49.6 Å². The molecule has 2 aromatic rings. The summed E-state index contributed by atoms with van der Waals surface area (Å²) in [5.41, 5.74) is 1.14. The maximum absolute atomic E-state index is 13.7. The third kappa shape index (κ3) is 3.93. The molecule has 7 heteroatoms. The van der Waals surface area contributed by atoms with Crippen molar-refractivity contribution in [2.45, 2.75) is 25.8 Å². The zero-order valence-electron chi connectivity index (χ0n) is 13.7. The van der Waals surface area contributed by atoms with Crippen LogP contribution in [0.1, 0.15) is 31.4 Å². The molecule has 1 fully saturated rings. The lowest BCUT2D eigenvalue weighted by Gasteiger charge is -2.16. The average molecular weight is 343 g/mol. The van der Waals surface area contributed by atoms with Crippen molar-refractivity contribution in [2.24, 2.45) is 5.92 Å². The normalized spacial score (nSPS) is 14.6. The van der Waals surface area contributed by atoms with E-state index in [1.54, 1.807) is 12.1 Å². The smallest absolute Gasteiger partial charge is 0.327 e. The lowest BCUT2D eigenvalue weighted by Crippen LogP contribution is -2.13. The van der Waals surface area contributed by atoms with Gasteiger partial charge in [-0.15, -0.1) is 0 Å². The molecule has 6 nitrogen and oxygen atoms in total. The molecule has 3 rings (SSSR count). The number of nitrogens with zero attached hydrogens (tertiary/aromatic N) is 1. The van der Waals surface area contributed by atoms with Crippen molar-refractivity contribution in [3.05, 3.63) is 64.0 Å². The van der Waals surface area contributed by atoms with Gasteiger partial charge < -0.3 is 10.6 Å². The molecule has 0 aromatic heterocycles. The van der Waals surface area contributed by atoms with E-state index in [-0.39, 0.29) is 23.6 Å². The molecular weight excluding hydrogens is 325 g/mol. The van der Waals surface area contributed by atoms with Crippen LogP contribution in [0.15, 0.2) is 42.5 Å². The first-order valence-electron chi connectivity index (χ1n) is 8.06. The number of hydrogen-bond donors (Lipinski definition) is 2. The summed E-state index contributed by atoms with van der Waals surface area (Å²) in [6.45, 7) is 1.83. The largest absolute Gasteiger partial charge is 0.373 e. The monoisotopic (exact) mass is 343 g/mol. The number of para-hydroxylation sites is 1. The minimum Gasteiger partial charge on any atom is -0.373 e. The maximum atomic E-state index is 13.7. The Morgan fingerprint density at radius 3 is 2.52 bits per heavy atom. The highest BCUT2D eigenvalue weighted by atomic mass is 19.1. The van der Waals surface area contributed by atoms with Gasteiger partial charge in [0.05, 0.1) is 4.92 Å². The van der Waals surface area contributed by atoms with E-state index in [2.05, 4.69) is 10.6 Å². The lowest BCUT2D eigenvalue weighted by molar-refractivity contribution is -0.386. The first kappa shape index (κ1) is 16.9. The molecule has 1 unspecified atom stereocenters. The Morgan fingerprint density at radius 2 is 1.92 bits per heavy atom. The maximum Gasteiger partial charge on any atom is 0.327 e. The Balaban J connectivity index is 1.71. The molecule has 1 aliphatic carbocycles. The highest BCUT2D eigenvalue weighted by molar-refractivity contribution is 5.94. The molecular formula is C18H18FN3O3. The van der Waals surface area contributed by atoms with Crippen LogP contribution in [0, 0.1) is 21.8 Å². The standard InChI is InChI=1S/C18H18FN3O3/c1-11(20-16-4-2-3-15(19)17(16)22(24)25)12-7-9-14(10-8-12)21-18(23)13-5-6-13/h2-4,7-11,13,20H,5-6H2,1H3,(H,21,23). The van der Waals surface area contributed by atoms with E-state index in [0.29, 0.717) is 5.69 Å². The van der Waals surface area contributed by atoms with Crippen LogP contribution in [-0.2, 0) is 4.79 Å². The van der Waals surface area contributed by atoms with E-state index >= 15 is 0 Å². The highest BCUT2D eigenvalue weighted by Crippen LogP contribution is 2.32. The van der Waals surface area contributed by atoms with Crippen molar-refractivity contribution in [2.75, 3.05) is 10.6 Å². The summed E-state index contributed by atoms with van der Waals surface area (Å²) in [5.74, 6) is -0.705. The van der Waals surface area contributed by atoms with Crippen LogP contribution in [0.3, 0.4) is 0 Å². The average Bonchev–Trinajstić information content (AvgIpc) is 3.40. The van der Waals surface area contributed by atoms with Gasteiger partial charge in [-0.2, -0.15) is 4.39 Å². The number of nitro groups is 1. The molecule has 1 aliphatic rings. The Bertz CT molecular complexity index is 804. The van der Waals surface area contributed by atoms with E-state index in [0.717, 1.165) is 24.5 Å². The number of carbonyl (C=O) groups is 1.